The van der Waals surface area contributed by atoms with Crippen LogP contribution in [0.3, 0.4) is 0 Å². The molecule has 1 heterocycles. The van der Waals surface area contributed by atoms with E-state index in [1.807, 2.05) is 29.5 Å². The van der Waals surface area contributed by atoms with E-state index in [4.69, 9.17) is 11.2 Å². The molecule has 0 radical (unpaired) electrons. The summed E-state index contributed by atoms with van der Waals surface area (Å²) in [6, 6.07) is 10.6. The first kappa shape index (κ1) is 15.6. The Morgan fingerprint density at radius 1 is 1.33 bits per heavy atom. The number of rotatable bonds is 6. The van der Waals surface area contributed by atoms with Crippen molar-refractivity contribution in [2.24, 2.45) is 0 Å². The van der Waals surface area contributed by atoms with Crippen LogP contribution in [0.5, 0.6) is 5.75 Å². The largest absolute Gasteiger partial charge is 0.481 e. The van der Waals surface area contributed by atoms with Gasteiger partial charge in [-0.25, -0.2) is 0 Å². The molecule has 0 aliphatic rings. The lowest BCUT2D eigenvalue weighted by Gasteiger charge is -2.16. The van der Waals surface area contributed by atoms with E-state index in [0.717, 1.165) is 17.9 Å². The van der Waals surface area contributed by atoms with Gasteiger partial charge in [-0.05, 0) is 38.5 Å². The van der Waals surface area contributed by atoms with Gasteiger partial charge < -0.3 is 10.1 Å². The molecule has 2 aromatic rings. The first-order valence-electron chi connectivity index (χ1n) is 7.06. The topological polar surface area (TPSA) is 21.3 Å². The fraction of sp³-hybridized carbons (Fsp3) is 0.333. The van der Waals surface area contributed by atoms with Crippen LogP contribution in [-0.2, 0) is 6.54 Å². The Morgan fingerprint density at radius 2 is 2.10 bits per heavy atom. The third-order valence-electron chi connectivity index (χ3n) is 3.43. The molecule has 2 nitrogen and oxygen atoms in total. The smallest absolute Gasteiger partial charge is 0.148 e. The molecule has 0 fully saturated rings. The molecule has 0 bridgehead atoms. The van der Waals surface area contributed by atoms with Crippen molar-refractivity contribution in [2.45, 2.75) is 33.4 Å². The molecule has 1 unspecified atom stereocenters. The predicted molar refractivity (Wildman–Crippen MR) is 89.8 cm³/mol. The number of hydrogen-bond donors (Lipinski definition) is 1. The van der Waals surface area contributed by atoms with E-state index < -0.39 is 0 Å². The normalized spacial score (nSPS) is 11.9. The standard InChI is InChI=1S/C18H21NOS/c1-5-10-20-18-9-7-6-8-16(18)12-19-14(3)17-11-13(2)21-15(17)4/h1,6-9,11,14,19H,10,12H2,2-4H3. The SMILES string of the molecule is C#CCOc1ccccc1CNC(C)c1cc(C)sc1C. The summed E-state index contributed by atoms with van der Waals surface area (Å²) < 4.78 is 5.58. The Kier molecular flexibility index (Phi) is 5.44. The van der Waals surface area contributed by atoms with Gasteiger partial charge in [0.1, 0.15) is 12.4 Å². The Balaban J connectivity index is 2.03. The zero-order valence-corrected chi connectivity index (χ0v) is 13.6. The molecule has 2 rings (SSSR count). The van der Waals surface area contributed by atoms with Gasteiger partial charge in [0.15, 0.2) is 0 Å². The Labute approximate surface area is 131 Å². The summed E-state index contributed by atoms with van der Waals surface area (Å²) in [5, 5.41) is 3.56. The van der Waals surface area contributed by atoms with Crippen LogP contribution < -0.4 is 10.1 Å². The van der Waals surface area contributed by atoms with Crippen molar-refractivity contribution < 1.29 is 4.74 Å². The van der Waals surface area contributed by atoms with Crippen LogP contribution in [-0.4, -0.2) is 6.61 Å². The van der Waals surface area contributed by atoms with Crippen LogP contribution in [0.1, 0.15) is 33.8 Å². The van der Waals surface area contributed by atoms with E-state index in [9.17, 15) is 0 Å². The van der Waals surface area contributed by atoms with E-state index in [0.29, 0.717) is 12.6 Å². The molecular weight excluding hydrogens is 278 g/mol. The third-order valence-corrected chi connectivity index (χ3v) is 4.41. The number of terminal acetylenes is 1. The number of thiophene rings is 1. The van der Waals surface area contributed by atoms with Gasteiger partial charge in [0.25, 0.3) is 0 Å². The summed E-state index contributed by atoms with van der Waals surface area (Å²) in [5.74, 6) is 3.36. The lowest BCUT2D eigenvalue weighted by molar-refractivity contribution is 0.364. The number of para-hydroxylation sites is 1. The number of nitrogens with one attached hydrogen (secondary N) is 1. The van der Waals surface area contributed by atoms with Crippen LogP contribution in [0.2, 0.25) is 0 Å². The van der Waals surface area contributed by atoms with E-state index in [1.54, 1.807) is 0 Å². The summed E-state index contributed by atoms with van der Waals surface area (Å²) in [6.07, 6.45) is 5.25. The minimum Gasteiger partial charge on any atom is -0.481 e. The second kappa shape index (κ2) is 7.31. The van der Waals surface area contributed by atoms with Crippen LogP contribution in [0.4, 0.5) is 0 Å². The minimum atomic E-state index is 0.301. The first-order valence-corrected chi connectivity index (χ1v) is 7.88. The average molecular weight is 299 g/mol. The zero-order chi connectivity index (χ0) is 15.2. The van der Waals surface area contributed by atoms with Gasteiger partial charge in [0, 0.05) is 27.9 Å². The highest BCUT2D eigenvalue weighted by Gasteiger charge is 2.11. The van der Waals surface area contributed by atoms with E-state index in [-0.39, 0.29) is 0 Å². The van der Waals surface area contributed by atoms with Gasteiger partial charge in [0.2, 0.25) is 0 Å². The molecule has 0 saturated heterocycles. The molecule has 0 aliphatic carbocycles. The molecule has 0 saturated carbocycles. The van der Waals surface area contributed by atoms with E-state index >= 15 is 0 Å². The molecule has 0 amide bonds. The molecule has 110 valence electrons. The lowest BCUT2D eigenvalue weighted by Crippen LogP contribution is -2.18. The minimum absolute atomic E-state index is 0.301. The molecule has 1 N–H and O–H groups in total. The van der Waals surface area contributed by atoms with Gasteiger partial charge in [-0.1, -0.05) is 24.1 Å². The molecule has 1 aromatic carbocycles. The Hall–Kier alpha value is -1.76. The molecule has 0 aliphatic heterocycles. The van der Waals surface area contributed by atoms with Crippen LogP contribution in [0.25, 0.3) is 0 Å². The highest BCUT2D eigenvalue weighted by Crippen LogP contribution is 2.27. The fourth-order valence-corrected chi connectivity index (χ4v) is 3.39. The number of hydrogen-bond acceptors (Lipinski definition) is 3. The molecule has 1 atom stereocenters. The van der Waals surface area contributed by atoms with Crippen LogP contribution >= 0.6 is 11.3 Å². The maximum atomic E-state index is 5.58. The summed E-state index contributed by atoms with van der Waals surface area (Å²) in [4.78, 5) is 2.73. The van der Waals surface area contributed by atoms with Crippen molar-refractivity contribution in [1.82, 2.24) is 5.32 Å². The third kappa shape index (κ3) is 4.10. The van der Waals surface area contributed by atoms with Gasteiger partial charge >= 0.3 is 0 Å². The quantitative estimate of drug-likeness (QED) is 0.806. The number of ether oxygens (including phenoxy) is 1. The second-order valence-corrected chi connectivity index (χ2v) is 6.53. The highest BCUT2D eigenvalue weighted by molar-refractivity contribution is 7.12. The van der Waals surface area contributed by atoms with Crippen LogP contribution in [0.15, 0.2) is 30.3 Å². The summed E-state index contributed by atoms with van der Waals surface area (Å²) in [6.45, 7) is 7.58. The summed E-state index contributed by atoms with van der Waals surface area (Å²) >= 11 is 1.85. The second-order valence-electron chi connectivity index (χ2n) is 5.07. The average Bonchev–Trinajstić information content (AvgIpc) is 2.82. The fourth-order valence-electron chi connectivity index (χ4n) is 2.36. The molecular formula is C18H21NOS. The highest BCUT2D eigenvalue weighted by atomic mass is 32.1. The van der Waals surface area contributed by atoms with E-state index in [1.165, 1.54) is 15.3 Å². The predicted octanol–water partition coefficient (Wildman–Crippen LogP) is 4.23. The van der Waals surface area contributed by atoms with Gasteiger partial charge in [-0.2, -0.15) is 0 Å². The number of aryl methyl sites for hydroxylation is 2. The van der Waals surface area contributed by atoms with Crippen molar-refractivity contribution in [3.8, 4) is 18.1 Å². The van der Waals surface area contributed by atoms with Gasteiger partial charge in [0.05, 0.1) is 0 Å². The Morgan fingerprint density at radius 3 is 2.76 bits per heavy atom. The van der Waals surface area contributed by atoms with Crippen molar-refractivity contribution in [2.75, 3.05) is 6.61 Å². The molecule has 21 heavy (non-hydrogen) atoms. The summed E-state index contributed by atoms with van der Waals surface area (Å²) in [7, 11) is 0. The zero-order valence-electron chi connectivity index (χ0n) is 12.8. The molecule has 1 aromatic heterocycles. The van der Waals surface area contributed by atoms with Crippen molar-refractivity contribution >= 4 is 11.3 Å². The monoisotopic (exact) mass is 299 g/mol. The Bertz CT molecular complexity index is 639. The van der Waals surface area contributed by atoms with Crippen molar-refractivity contribution in [3.63, 3.8) is 0 Å². The van der Waals surface area contributed by atoms with Crippen LogP contribution in [0, 0.1) is 26.2 Å². The van der Waals surface area contributed by atoms with Crippen molar-refractivity contribution in [1.29, 1.82) is 0 Å². The maximum absolute atomic E-state index is 5.58. The maximum Gasteiger partial charge on any atom is 0.148 e. The molecule has 3 heteroatoms. The summed E-state index contributed by atoms with van der Waals surface area (Å²) in [5.41, 5.74) is 2.50. The van der Waals surface area contributed by atoms with Gasteiger partial charge in [-0.15, -0.1) is 17.8 Å². The van der Waals surface area contributed by atoms with Crippen molar-refractivity contribution in [3.05, 3.63) is 51.2 Å². The van der Waals surface area contributed by atoms with Gasteiger partial charge in [-0.3, -0.25) is 0 Å². The molecule has 0 spiro atoms. The number of benzene rings is 1. The first-order chi connectivity index (χ1) is 10.1. The van der Waals surface area contributed by atoms with E-state index in [2.05, 4.69) is 44.1 Å². The lowest BCUT2D eigenvalue weighted by atomic mass is 10.1.